The van der Waals surface area contributed by atoms with E-state index in [1.807, 2.05) is 6.92 Å². The first kappa shape index (κ1) is 26.2. The van der Waals surface area contributed by atoms with Crippen LogP contribution in [0.25, 0.3) is 23.3 Å². The van der Waals surface area contributed by atoms with Crippen molar-refractivity contribution in [1.29, 1.82) is 0 Å². The van der Waals surface area contributed by atoms with Gasteiger partial charge in [0.25, 0.3) is 0 Å². The molecule has 0 unspecified atom stereocenters. The fourth-order valence-electron chi connectivity index (χ4n) is 5.54. The molecule has 1 N–H and O–H groups in total. The first-order valence-corrected chi connectivity index (χ1v) is 12.8. The summed E-state index contributed by atoms with van der Waals surface area (Å²) in [4.78, 5) is 16.1. The number of hydrogen-bond acceptors (Lipinski definition) is 4. The highest BCUT2D eigenvalue weighted by Gasteiger charge is 2.33. The monoisotopic (exact) mass is 530 g/mol. The van der Waals surface area contributed by atoms with Crippen LogP contribution < -0.4 is 11.0 Å². The molecule has 0 aliphatic carbocycles. The summed E-state index contributed by atoms with van der Waals surface area (Å²) < 4.78 is 34.5. The minimum atomic E-state index is -0.557. The highest BCUT2D eigenvalue weighted by Crippen LogP contribution is 2.37. The van der Waals surface area contributed by atoms with Crippen LogP contribution in [0.15, 0.2) is 60.3 Å². The number of fused-ring (bicyclic) bond motifs is 1. The number of imidazole rings is 1. The SMILES string of the molecule is C=Cc1c(NC)ccc(-n2ccn(-c3c4c(nn3-c3cc(C)c(F)c(C)c3)CCN(C(=C)C)[C@H]4C)c2=O)c1F. The van der Waals surface area contributed by atoms with E-state index >= 15 is 4.39 Å². The Balaban J connectivity index is 1.77. The average Bonchev–Trinajstić information content (AvgIpc) is 3.47. The zero-order valence-corrected chi connectivity index (χ0v) is 22.8. The number of anilines is 1. The summed E-state index contributed by atoms with van der Waals surface area (Å²) in [5, 5.41) is 7.86. The van der Waals surface area contributed by atoms with Crippen LogP contribution in [-0.2, 0) is 6.42 Å². The lowest BCUT2D eigenvalue weighted by atomic mass is 9.99. The van der Waals surface area contributed by atoms with Gasteiger partial charge in [-0.15, -0.1) is 0 Å². The van der Waals surface area contributed by atoms with E-state index in [2.05, 4.69) is 30.3 Å². The Morgan fingerprint density at radius 2 is 1.79 bits per heavy atom. The molecule has 0 saturated carbocycles. The Kier molecular flexibility index (Phi) is 6.54. The number of nitrogens with one attached hydrogen (secondary N) is 1. The number of benzene rings is 2. The predicted octanol–water partition coefficient (Wildman–Crippen LogP) is 5.85. The van der Waals surface area contributed by atoms with E-state index in [0.717, 1.165) is 23.5 Å². The van der Waals surface area contributed by atoms with Crippen molar-refractivity contribution >= 4 is 11.8 Å². The number of allylic oxidation sites excluding steroid dienone is 1. The van der Waals surface area contributed by atoms with Crippen LogP contribution in [0, 0.1) is 25.5 Å². The minimum Gasteiger partial charge on any atom is -0.388 e. The third-order valence-electron chi connectivity index (χ3n) is 7.50. The topological polar surface area (TPSA) is 60.0 Å². The molecule has 9 heteroatoms. The van der Waals surface area contributed by atoms with Crippen LogP contribution in [0.5, 0.6) is 0 Å². The summed E-state index contributed by atoms with van der Waals surface area (Å²) in [6.07, 6.45) is 5.24. The van der Waals surface area contributed by atoms with E-state index in [1.165, 1.54) is 15.2 Å². The lowest BCUT2D eigenvalue weighted by molar-refractivity contribution is 0.257. The molecule has 0 fully saturated rings. The molecule has 2 aromatic carbocycles. The second kappa shape index (κ2) is 9.72. The summed E-state index contributed by atoms with van der Waals surface area (Å²) in [5.74, 6) is -0.298. The minimum absolute atomic E-state index is 0.109. The average molecular weight is 531 g/mol. The van der Waals surface area contributed by atoms with Gasteiger partial charge in [0.1, 0.15) is 11.6 Å². The van der Waals surface area contributed by atoms with Gasteiger partial charge in [-0.1, -0.05) is 19.2 Å². The van der Waals surface area contributed by atoms with Crippen LogP contribution in [0.3, 0.4) is 0 Å². The third-order valence-corrected chi connectivity index (χ3v) is 7.50. The molecule has 0 bridgehead atoms. The van der Waals surface area contributed by atoms with E-state index in [4.69, 9.17) is 5.10 Å². The molecule has 7 nitrogen and oxygen atoms in total. The largest absolute Gasteiger partial charge is 0.388 e. The highest BCUT2D eigenvalue weighted by molar-refractivity contribution is 5.69. The molecule has 0 amide bonds. The quantitative estimate of drug-likeness (QED) is 0.340. The van der Waals surface area contributed by atoms with Crippen LogP contribution in [0.1, 0.15) is 47.8 Å². The summed E-state index contributed by atoms with van der Waals surface area (Å²) in [6, 6.07) is 6.60. The normalized spacial score (nSPS) is 14.8. The van der Waals surface area contributed by atoms with Gasteiger partial charge >= 0.3 is 5.69 Å². The van der Waals surface area contributed by atoms with E-state index in [0.29, 0.717) is 34.7 Å². The Morgan fingerprint density at radius 3 is 2.41 bits per heavy atom. The number of aryl methyl sites for hydroxylation is 2. The summed E-state index contributed by atoms with van der Waals surface area (Å²) in [6.45, 7) is 16.0. The Morgan fingerprint density at radius 1 is 1.13 bits per heavy atom. The van der Waals surface area contributed by atoms with Crippen molar-refractivity contribution < 1.29 is 8.78 Å². The number of rotatable bonds is 6. The van der Waals surface area contributed by atoms with E-state index in [1.54, 1.807) is 62.2 Å². The lowest BCUT2D eigenvalue weighted by Gasteiger charge is -2.35. The highest BCUT2D eigenvalue weighted by atomic mass is 19.1. The molecule has 0 radical (unpaired) electrons. The van der Waals surface area contributed by atoms with Crippen molar-refractivity contribution in [2.45, 2.75) is 40.2 Å². The Labute approximate surface area is 226 Å². The van der Waals surface area contributed by atoms with Crippen molar-refractivity contribution in [2.24, 2.45) is 0 Å². The van der Waals surface area contributed by atoms with Gasteiger partial charge in [0.2, 0.25) is 0 Å². The molecule has 5 rings (SSSR count). The summed E-state index contributed by atoms with van der Waals surface area (Å²) >= 11 is 0. The molecule has 39 heavy (non-hydrogen) atoms. The third kappa shape index (κ3) is 4.09. The molecule has 1 aliphatic heterocycles. The first-order chi connectivity index (χ1) is 18.6. The van der Waals surface area contributed by atoms with E-state index < -0.39 is 11.5 Å². The zero-order chi connectivity index (χ0) is 28.2. The first-order valence-electron chi connectivity index (χ1n) is 12.8. The van der Waals surface area contributed by atoms with Gasteiger partial charge in [0.05, 0.1) is 23.1 Å². The predicted molar refractivity (Wildman–Crippen MR) is 151 cm³/mol. The Bertz CT molecular complexity index is 1670. The fourth-order valence-corrected chi connectivity index (χ4v) is 5.54. The Hall–Kier alpha value is -4.40. The zero-order valence-electron chi connectivity index (χ0n) is 22.8. The molecular weight excluding hydrogens is 498 g/mol. The van der Waals surface area contributed by atoms with Gasteiger partial charge in [-0.3, -0.25) is 9.13 Å². The van der Waals surface area contributed by atoms with Gasteiger partial charge in [-0.2, -0.15) is 5.10 Å². The number of hydrogen-bond donors (Lipinski definition) is 1. The number of aromatic nitrogens is 4. The van der Waals surface area contributed by atoms with Crippen molar-refractivity contribution in [2.75, 3.05) is 18.9 Å². The lowest BCUT2D eigenvalue weighted by Crippen LogP contribution is -2.33. The van der Waals surface area contributed by atoms with Crippen molar-refractivity contribution in [3.8, 4) is 17.2 Å². The maximum absolute atomic E-state index is 15.5. The van der Waals surface area contributed by atoms with Gasteiger partial charge in [0, 0.05) is 54.9 Å². The number of halogens is 2. The van der Waals surface area contributed by atoms with E-state index in [9.17, 15) is 9.18 Å². The van der Waals surface area contributed by atoms with Crippen molar-refractivity contribution in [1.82, 2.24) is 23.8 Å². The second-order valence-corrected chi connectivity index (χ2v) is 9.98. The van der Waals surface area contributed by atoms with Gasteiger partial charge < -0.3 is 10.2 Å². The van der Waals surface area contributed by atoms with Crippen LogP contribution in [0.4, 0.5) is 14.5 Å². The molecule has 1 aliphatic rings. The molecule has 2 aromatic heterocycles. The van der Waals surface area contributed by atoms with Crippen molar-refractivity contribution in [3.05, 3.63) is 106 Å². The molecule has 202 valence electrons. The standard InChI is InChI=1S/C30H32F2N6O/c1-8-22-23(33-7)9-10-25(28(22)32)36-13-14-37(30(36)39)29-26-20(6)35(17(2)3)12-11-24(26)34-38(29)21-15-18(4)27(31)19(5)16-21/h8-10,13-16,20,33H,1-2,11-12H2,3-7H3/t20-/m0/s1. The molecular formula is C30H32F2N6O. The van der Waals surface area contributed by atoms with Crippen LogP contribution >= 0.6 is 0 Å². The summed E-state index contributed by atoms with van der Waals surface area (Å²) in [7, 11) is 1.70. The smallest absolute Gasteiger partial charge is 0.338 e. The van der Waals surface area contributed by atoms with Gasteiger partial charge in [-0.05, 0) is 63.1 Å². The van der Waals surface area contributed by atoms with Crippen molar-refractivity contribution in [3.63, 3.8) is 0 Å². The molecule has 0 spiro atoms. The molecule has 3 heterocycles. The van der Waals surface area contributed by atoms with Gasteiger partial charge in [0.15, 0.2) is 5.82 Å². The number of nitrogens with zero attached hydrogens (tertiary/aromatic N) is 5. The molecule has 4 aromatic rings. The molecule has 0 saturated heterocycles. The van der Waals surface area contributed by atoms with E-state index in [-0.39, 0.29) is 23.1 Å². The van der Waals surface area contributed by atoms with Crippen LogP contribution in [0.2, 0.25) is 0 Å². The second-order valence-electron chi connectivity index (χ2n) is 9.98. The summed E-state index contributed by atoms with van der Waals surface area (Å²) in [5.41, 5.74) is 4.75. The van der Waals surface area contributed by atoms with Gasteiger partial charge in [-0.25, -0.2) is 18.3 Å². The maximum atomic E-state index is 15.5. The van der Waals surface area contributed by atoms with Crippen LogP contribution in [-0.4, -0.2) is 37.4 Å². The fraction of sp³-hybridized carbons (Fsp3) is 0.267. The maximum Gasteiger partial charge on any atom is 0.338 e. The molecule has 1 atom stereocenters.